The Labute approximate surface area is 73.1 Å². The number of nitrogens with two attached hydrogens (primary N) is 1. The third-order valence-corrected chi connectivity index (χ3v) is 1.66. The molecule has 0 aliphatic heterocycles. The molecule has 0 aromatic rings. The molecule has 2 atom stereocenters. The van der Waals surface area contributed by atoms with Gasteiger partial charge in [-0.2, -0.15) is 0 Å². The molecule has 0 aliphatic carbocycles. The zero-order valence-electron chi connectivity index (χ0n) is 7.87. The molecule has 4 N–H and O–H groups in total. The average Bonchev–Trinajstić information content (AvgIpc) is 2.00. The van der Waals surface area contributed by atoms with Crippen LogP contribution in [0, 0.1) is 5.92 Å². The smallest absolute Gasteiger partial charge is 0.250 e. The summed E-state index contributed by atoms with van der Waals surface area (Å²) in [5.74, 6) is -0.0255. The third kappa shape index (κ3) is 3.69. The van der Waals surface area contributed by atoms with E-state index in [1.807, 2.05) is 13.8 Å². The van der Waals surface area contributed by atoms with Crippen LogP contribution < -0.4 is 11.1 Å². The van der Waals surface area contributed by atoms with Crippen molar-refractivity contribution in [1.29, 1.82) is 0 Å². The van der Waals surface area contributed by atoms with Crippen LogP contribution in [0.1, 0.15) is 20.3 Å². The summed E-state index contributed by atoms with van der Waals surface area (Å²) in [5, 5.41) is 11.6. The molecule has 0 heterocycles. The first kappa shape index (κ1) is 11.4. The Bertz CT molecular complexity index is 148. The van der Waals surface area contributed by atoms with E-state index >= 15 is 0 Å². The first-order valence-corrected chi connectivity index (χ1v) is 4.14. The lowest BCUT2D eigenvalue weighted by Gasteiger charge is -2.18. The van der Waals surface area contributed by atoms with Crippen molar-refractivity contribution in [1.82, 2.24) is 5.32 Å². The zero-order chi connectivity index (χ0) is 9.72. The maximum atomic E-state index is 10.9. The molecule has 0 bridgehead atoms. The fraction of sp³-hybridized carbons (Fsp3) is 0.875. The topological polar surface area (TPSA) is 75.3 Å². The van der Waals surface area contributed by atoms with Crippen LogP contribution in [-0.2, 0) is 4.79 Å². The number of likely N-dealkylation sites (N-methyl/N-ethyl adjacent to an activating group) is 1. The summed E-state index contributed by atoms with van der Waals surface area (Å²) in [6.45, 7) is 3.99. The number of aliphatic hydroxyl groups excluding tert-OH is 1. The number of aliphatic hydroxyl groups is 1. The molecule has 72 valence electrons. The molecule has 0 aromatic carbocycles. The molecular formula is C8H18N2O2. The molecule has 4 heteroatoms. The zero-order valence-corrected chi connectivity index (χ0v) is 7.87. The lowest BCUT2D eigenvalue weighted by Crippen LogP contribution is -2.45. The summed E-state index contributed by atoms with van der Waals surface area (Å²) in [5.41, 5.74) is 5.58. The average molecular weight is 174 g/mol. The van der Waals surface area contributed by atoms with Crippen molar-refractivity contribution in [2.45, 2.75) is 32.4 Å². The molecule has 0 radical (unpaired) electrons. The number of hydrogen-bond donors (Lipinski definition) is 3. The lowest BCUT2D eigenvalue weighted by molar-refractivity contribution is -0.129. The van der Waals surface area contributed by atoms with Gasteiger partial charge in [-0.3, -0.25) is 4.79 Å². The highest BCUT2D eigenvalue weighted by atomic mass is 16.3. The maximum Gasteiger partial charge on any atom is 0.250 e. The van der Waals surface area contributed by atoms with Gasteiger partial charge in [-0.05, 0) is 12.3 Å². The molecular weight excluding hydrogens is 156 g/mol. The van der Waals surface area contributed by atoms with Crippen LogP contribution in [-0.4, -0.2) is 30.2 Å². The van der Waals surface area contributed by atoms with Gasteiger partial charge in [0.05, 0.1) is 0 Å². The Morgan fingerprint density at radius 1 is 1.58 bits per heavy atom. The summed E-state index contributed by atoms with van der Waals surface area (Å²) in [6, 6.07) is -0.468. The summed E-state index contributed by atoms with van der Waals surface area (Å²) in [7, 11) is 1.48. The summed E-state index contributed by atoms with van der Waals surface area (Å²) >= 11 is 0. The third-order valence-electron chi connectivity index (χ3n) is 1.66. The van der Waals surface area contributed by atoms with Crippen molar-refractivity contribution in [3.63, 3.8) is 0 Å². The molecule has 0 saturated heterocycles. The van der Waals surface area contributed by atoms with Crippen LogP contribution in [0.25, 0.3) is 0 Å². The Morgan fingerprint density at radius 3 is 2.42 bits per heavy atom. The fourth-order valence-electron chi connectivity index (χ4n) is 1.02. The minimum absolute atomic E-state index is 0.388. The second kappa shape index (κ2) is 5.11. The van der Waals surface area contributed by atoms with Crippen molar-refractivity contribution in [2.75, 3.05) is 7.05 Å². The molecule has 4 nitrogen and oxygen atoms in total. The van der Waals surface area contributed by atoms with E-state index in [9.17, 15) is 9.90 Å². The first-order valence-electron chi connectivity index (χ1n) is 4.14. The molecule has 0 saturated carbocycles. The van der Waals surface area contributed by atoms with E-state index in [4.69, 9.17) is 5.73 Å². The highest BCUT2D eigenvalue weighted by Crippen LogP contribution is 2.05. The standard InChI is InChI=1S/C8H18N2O2/c1-5(2)4-6(9)7(11)8(12)10-3/h5-7,11H,4,9H2,1-3H3,(H,10,12). The molecule has 2 unspecified atom stereocenters. The van der Waals surface area contributed by atoms with Crippen LogP contribution in [0.4, 0.5) is 0 Å². The van der Waals surface area contributed by atoms with Gasteiger partial charge >= 0.3 is 0 Å². The summed E-state index contributed by atoms with van der Waals surface area (Å²) in [6.07, 6.45) is -0.438. The molecule has 1 amide bonds. The Balaban J connectivity index is 3.91. The Hall–Kier alpha value is -0.610. The van der Waals surface area contributed by atoms with Crippen molar-refractivity contribution < 1.29 is 9.90 Å². The highest BCUT2D eigenvalue weighted by molar-refractivity contribution is 5.80. The van der Waals surface area contributed by atoms with Gasteiger partial charge in [-0.1, -0.05) is 13.8 Å². The van der Waals surface area contributed by atoms with Crippen LogP contribution in [0.3, 0.4) is 0 Å². The largest absolute Gasteiger partial charge is 0.382 e. The van der Waals surface area contributed by atoms with Crippen molar-refractivity contribution >= 4 is 5.91 Å². The van der Waals surface area contributed by atoms with Gasteiger partial charge in [0.1, 0.15) is 6.10 Å². The molecule has 0 aliphatic rings. The number of carbonyl (C=O) groups excluding carboxylic acids is 1. The molecule has 12 heavy (non-hydrogen) atoms. The molecule has 0 aromatic heterocycles. The van der Waals surface area contributed by atoms with Gasteiger partial charge < -0.3 is 16.2 Å². The van der Waals surface area contributed by atoms with Crippen LogP contribution in [0.2, 0.25) is 0 Å². The Morgan fingerprint density at radius 2 is 2.08 bits per heavy atom. The van der Waals surface area contributed by atoms with Gasteiger partial charge in [-0.15, -0.1) is 0 Å². The van der Waals surface area contributed by atoms with Crippen molar-refractivity contribution in [3.8, 4) is 0 Å². The van der Waals surface area contributed by atoms with Crippen molar-refractivity contribution in [3.05, 3.63) is 0 Å². The van der Waals surface area contributed by atoms with E-state index in [0.717, 1.165) is 0 Å². The van der Waals surface area contributed by atoms with Gasteiger partial charge in [-0.25, -0.2) is 0 Å². The Kier molecular flexibility index (Phi) is 4.85. The van der Waals surface area contributed by atoms with E-state index in [-0.39, 0.29) is 0 Å². The second-order valence-corrected chi connectivity index (χ2v) is 3.35. The van der Waals surface area contributed by atoms with Crippen LogP contribution in [0.15, 0.2) is 0 Å². The van der Waals surface area contributed by atoms with Crippen molar-refractivity contribution in [2.24, 2.45) is 11.7 Å². The summed E-state index contributed by atoms with van der Waals surface area (Å²) < 4.78 is 0. The molecule has 0 spiro atoms. The predicted molar refractivity (Wildman–Crippen MR) is 47.5 cm³/mol. The van der Waals surface area contributed by atoms with E-state index < -0.39 is 18.1 Å². The minimum atomic E-state index is -1.09. The minimum Gasteiger partial charge on any atom is -0.382 e. The second-order valence-electron chi connectivity index (χ2n) is 3.35. The number of carbonyl (C=O) groups is 1. The number of nitrogens with one attached hydrogen (secondary N) is 1. The first-order chi connectivity index (χ1) is 5.49. The van der Waals surface area contributed by atoms with Gasteiger partial charge in [0.25, 0.3) is 0 Å². The van der Waals surface area contributed by atoms with E-state index in [1.54, 1.807) is 0 Å². The normalized spacial score (nSPS) is 15.8. The summed E-state index contributed by atoms with van der Waals surface area (Å²) in [4.78, 5) is 10.9. The quantitative estimate of drug-likeness (QED) is 0.536. The lowest BCUT2D eigenvalue weighted by atomic mass is 10.00. The van der Waals surface area contributed by atoms with E-state index in [2.05, 4.69) is 5.32 Å². The van der Waals surface area contributed by atoms with Gasteiger partial charge in [0.2, 0.25) is 5.91 Å². The predicted octanol–water partition coefficient (Wildman–Crippen LogP) is -0.533. The molecule has 0 rings (SSSR count). The van der Waals surface area contributed by atoms with Crippen LogP contribution >= 0.6 is 0 Å². The number of amides is 1. The fourth-order valence-corrected chi connectivity index (χ4v) is 1.02. The monoisotopic (exact) mass is 174 g/mol. The van der Waals surface area contributed by atoms with Gasteiger partial charge in [0, 0.05) is 13.1 Å². The SMILES string of the molecule is CNC(=O)C(O)C(N)CC(C)C. The number of hydrogen-bond acceptors (Lipinski definition) is 3. The highest BCUT2D eigenvalue weighted by Gasteiger charge is 2.21. The molecule has 0 fully saturated rings. The number of rotatable bonds is 4. The maximum absolute atomic E-state index is 10.9. The van der Waals surface area contributed by atoms with Crippen LogP contribution in [0.5, 0.6) is 0 Å². The van der Waals surface area contributed by atoms with E-state index in [1.165, 1.54) is 7.05 Å². The van der Waals surface area contributed by atoms with E-state index in [0.29, 0.717) is 12.3 Å². The van der Waals surface area contributed by atoms with Gasteiger partial charge in [0.15, 0.2) is 0 Å².